The number of carbonyl (C=O) groups is 2. The van der Waals surface area contributed by atoms with Gasteiger partial charge in [0.15, 0.2) is 0 Å². The number of piperazine rings is 1. The molecule has 2 amide bonds. The van der Waals surface area contributed by atoms with Gasteiger partial charge in [-0.25, -0.2) is 0 Å². The molecule has 6 nitrogen and oxygen atoms in total. The number of fused-ring (bicyclic) bond motifs is 1. The summed E-state index contributed by atoms with van der Waals surface area (Å²) in [7, 11) is 2.17. The van der Waals surface area contributed by atoms with Gasteiger partial charge in [0, 0.05) is 50.1 Å². The predicted molar refractivity (Wildman–Crippen MR) is 126 cm³/mol. The summed E-state index contributed by atoms with van der Waals surface area (Å²) in [5.74, 6) is -0.328. The molecule has 0 unspecified atom stereocenters. The molecule has 2 aliphatic heterocycles. The van der Waals surface area contributed by atoms with Gasteiger partial charge in [-0.1, -0.05) is 24.3 Å². The predicted octanol–water partition coefficient (Wildman–Crippen LogP) is 3.77. The molecule has 3 heterocycles. The first-order valence-electron chi connectivity index (χ1n) is 10.4. The Morgan fingerprint density at radius 1 is 1.00 bits per heavy atom. The maximum Gasteiger partial charge on any atom is 0.290 e. The fourth-order valence-electron chi connectivity index (χ4n) is 4.07. The first kappa shape index (κ1) is 19.9. The number of hydrogen-bond donors (Lipinski definition) is 1. The number of rotatable bonds is 4. The Hall–Kier alpha value is -3.03. The van der Waals surface area contributed by atoms with Gasteiger partial charge in [-0.3, -0.25) is 14.9 Å². The van der Waals surface area contributed by atoms with Gasteiger partial charge in [-0.2, -0.15) is 0 Å². The number of carbonyl (C=O) groups excluding carboxylic acids is 2. The van der Waals surface area contributed by atoms with Gasteiger partial charge >= 0.3 is 0 Å². The zero-order valence-electron chi connectivity index (χ0n) is 17.4. The van der Waals surface area contributed by atoms with Crippen LogP contribution in [0.25, 0.3) is 17.0 Å². The molecule has 0 bridgehead atoms. The normalized spacial score (nSPS) is 18.9. The number of benzene rings is 2. The van der Waals surface area contributed by atoms with Crippen molar-refractivity contribution in [2.24, 2.45) is 0 Å². The number of thioether (sulfide) groups is 1. The van der Waals surface area contributed by atoms with E-state index in [9.17, 15) is 9.59 Å². The molecule has 2 aromatic carbocycles. The minimum atomic E-state index is -0.328. The average molecular weight is 433 g/mol. The van der Waals surface area contributed by atoms with Crippen LogP contribution in [-0.4, -0.2) is 53.8 Å². The second-order valence-corrected chi connectivity index (χ2v) is 9.09. The van der Waals surface area contributed by atoms with Crippen LogP contribution in [0.4, 0.5) is 10.5 Å². The topological polar surface area (TPSA) is 57.6 Å². The van der Waals surface area contributed by atoms with Crippen molar-refractivity contribution in [1.82, 2.24) is 14.8 Å². The zero-order valence-corrected chi connectivity index (χ0v) is 18.2. The molecule has 0 radical (unpaired) electrons. The third kappa shape index (κ3) is 4.24. The van der Waals surface area contributed by atoms with E-state index in [-0.39, 0.29) is 11.1 Å². The standard InChI is InChI=1S/C24H24N4O2S/c1-26-10-12-27(13-11-26)20-6-3-17(4-7-20)16-28-9-8-19-5-2-18(14-21(19)28)15-22-23(29)25-24(30)31-22/h2-9,14-15H,10-13,16H2,1H3,(H,25,29,30)/b22-15-. The first-order valence-corrected chi connectivity index (χ1v) is 11.2. The van der Waals surface area contributed by atoms with E-state index in [1.807, 2.05) is 12.1 Å². The SMILES string of the molecule is CN1CCN(c2ccc(Cn3ccc4ccc(/C=C5\SC(=O)NC5=O)cc43)cc2)CC1. The Morgan fingerprint density at radius 2 is 1.77 bits per heavy atom. The molecule has 7 heteroatoms. The lowest BCUT2D eigenvalue weighted by molar-refractivity contribution is -0.115. The number of nitrogens with one attached hydrogen (secondary N) is 1. The van der Waals surface area contributed by atoms with Gasteiger partial charge in [0.1, 0.15) is 0 Å². The van der Waals surface area contributed by atoms with Crippen LogP contribution < -0.4 is 10.2 Å². The van der Waals surface area contributed by atoms with Crippen molar-refractivity contribution < 1.29 is 9.59 Å². The summed E-state index contributed by atoms with van der Waals surface area (Å²) in [5.41, 5.74) is 4.54. The highest BCUT2D eigenvalue weighted by atomic mass is 32.2. The highest BCUT2D eigenvalue weighted by molar-refractivity contribution is 8.18. The molecule has 1 N–H and O–H groups in total. The second-order valence-electron chi connectivity index (χ2n) is 8.07. The van der Waals surface area contributed by atoms with Crippen LogP contribution in [0.1, 0.15) is 11.1 Å². The maximum absolute atomic E-state index is 11.8. The number of aromatic nitrogens is 1. The van der Waals surface area contributed by atoms with Gasteiger partial charge in [0.25, 0.3) is 11.1 Å². The third-order valence-electron chi connectivity index (χ3n) is 5.90. The molecule has 1 aromatic heterocycles. The molecule has 5 rings (SSSR count). The minimum absolute atomic E-state index is 0.319. The number of amides is 2. The van der Waals surface area contributed by atoms with E-state index in [1.54, 1.807) is 6.08 Å². The molecule has 0 aliphatic carbocycles. The van der Waals surface area contributed by atoms with Gasteiger partial charge in [-0.15, -0.1) is 0 Å². The summed E-state index contributed by atoms with van der Waals surface area (Å²) >= 11 is 0.944. The van der Waals surface area contributed by atoms with Crippen LogP contribution in [0.2, 0.25) is 0 Å². The molecule has 2 aliphatic rings. The molecule has 31 heavy (non-hydrogen) atoms. The molecule has 2 saturated heterocycles. The largest absolute Gasteiger partial charge is 0.369 e. The van der Waals surface area contributed by atoms with Crippen LogP contribution in [0.15, 0.2) is 59.6 Å². The Balaban J connectivity index is 1.35. The molecule has 2 fully saturated rings. The van der Waals surface area contributed by atoms with E-state index in [1.165, 1.54) is 11.3 Å². The highest BCUT2D eigenvalue weighted by Crippen LogP contribution is 2.27. The lowest BCUT2D eigenvalue weighted by Gasteiger charge is -2.34. The third-order valence-corrected chi connectivity index (χ3v) is 6.71. The molecular formula is C24H24N4O2S. The van der Waals surface area contributed by atoms with Crippen molar-refractivity contribution in [2.45, 2.75) is 6.54 Å². The van der Waals surface area contributed by atoms with Crippen LogP contribution in [0, 0.1) is 0 Å². The number of hydrogen-bond acceptors (Lipinski definition) is 5. The number of likely N-dealkylation sites (N-methyl/N-ethyl adjacent to an activating group) is 1. The Labute approximate surface area is 185 Å². The Bertz CT molecular complexity index is 1170. The molecular weight excluding hydrogens is 408 g/mol. The van der Waals surface area contributed by atoms with Crippen molar-refractivity contribution in [3.05, 3.63) is 70.8 Å². The van der Waals surface area contributed by atoms with E-state index in [0.29, 0.717) is 4.91 Å². The highest BCUT2D eigenvalue weighted by Gasteiger charge is 2.25. The minimum Gasteiger partial charge on any atom is -0.369 e. The van der Waals surface area contributed by atoms with Crippen LogP contribution in [-0.2, 0) is 11.3 Å². The molecule has 0 saturated carbocycles. The summed E-state index contributed by atoms with van der Waals surface area (Å²) in [4.78, 5) is 28.5. The van der Waals surface area contributed by atoms with E-state index in [2.05, 4.69) is 69.3 Å². The molecule has 0 atom stereocenters. The van der Waals surface area contributed by atoms with Crippen molar-refractivity contribution in [3.8, 4) is 0 Å². The van der Waals surface area contributed by atoms with Crippen molar-refractivity contribution >= 4 is 45.6 Å². The summed E-state index contributed by atoms with van der Waals surface area (Å²) < 4.78 is 2.22. The lowest BCUT2D eigenvalue weighted by Crippen LogP contribution is -2.44. The van der Waals surface area contributed by atoms with E-state index >= 15 is 0 Å². The molecule has 0 spiro atoms. The fourth-order valence-corrected chi connectivity index (χ4v) is 4.76. The second kappa shape index (κ2) is 8.24. The Morgan fingerprint density at radius 3 is 2.48 bits per heavy atom. The number of imide groups is 1. The summed E-state index contributed by atoms with van der Waals surface area (Å²) in [6, 6.07) is 17.0. The zero-order chi connectivity index (χ0) is 21.4. The molecule has 158 valence electrons. The fraction of sp³-hybridized carbons (Fsp3) is 0.250. The molecule has 3 aromatic rings. The van der Waals surface area contributed by atoms with Gasteiger partial charge in [0.05, 0.1) is 4.91 Å². The van der Waals surface area contributed by atoms with Crippen LogP contribution >= 0.6 is 11.8 Å². The smallest absolute Gasteiger partial charge is 0.290 e. The van der Waals surface area contributed by atoms with Crippen molar-refractivity contribution in [2.75, 3.05) is 38.1 Å². The van der Waals surface area contributed by atoms with E-state index < -0.39 is 0 Å². The van der Waals surface area contributed by atoms with Crippen LogP contribution in [0.3, 0.4) is 0 Å². The maximum atomic E-state index is 11.8. The first-order chi connectivity index (χ1) is 15.0. The quantitative estimate of drug-likeness (QED) is 0.636. The summed E-state index contributed by atoms with van der Waals surface area (Å²) in [5, 5.41) is 3.13. The Kier molecular flexibility index (Phi) is 5.29. The van der Waals surface area contributed by atoms with Gasteiger partial charge in [-0.05, 0) is 65.7 Å². The number of nitrogens with zero attached hydrogens (tertiary/aromatic N) is 3. The van der Waals surface area contributed by atoms with E-state index in [0.717, 1.165) is 61.0 Å². The summed E-state index contributed by atoms with van der Waals surface area (Å²) in [6.07, 6.45) is 3.86. The number of anilines is 1. The van der Waals surface area contributed by atoms with E-state index in [4.69, 9.17) is 0 Å². The monoisotopic (exact) mass is 432 g/mol. The average Bonchev–Trinajstić information content (AvgIpc) is 3.31. The summed E-state index contributed by atoms with van der Waals surface area (Å²) in [6.45, 7) is 5.12. The van der Waals surface area contributed by atoms with Crippen LogP contribution in [0.5, 0.6) is 0 Å². The van der Waals surface area contributed by atoms with Gasteiger partial charge in [0.2, 0.25) is 0 Å². The lowest BCUT2D eigenvalue weighted by atomic mass is 10.1. The van der Waals surface area contributed by atoms with Gasteiger partial charge < -0.3 is 14.4 Å². The van der Waals surface area contributed by atoms with Crippen molar-refractivity contribution in [1.29, 1.82) is 0 Å². The van der Waals surface area contributed by atoms with Crippen molar-refractivity contribution in [3.63, 3.8) is 0 Å².